The highest BCUT2D eigenvalue weighted by molar-refractivity contribution is 6.00. The number of hydrogen-bond acceptors (Lipinski definition) is 0. The molecule has 6 aromatic carbocycles. The first-order valence-corrected chi connectivity index (χ1v) is 20.2. The zero-order valence-corrected chi connectivity index (χ0v) is 36.8. The predicted molar refractivity (Wildman–Crippen MR) is 253 cm³/mol. The van der Waals surface area contributed by atoms with Gasteiger partial charge in [-0.2, -0.15) is 0 Å². The van der Waals surface area contributed by atoms with Gasteiger partial charge in [0.25, 0.3) is 0 Å². The third kappa shape index (κ3) is 19.7. The van der Waals surface area contributed by atoms with E-state index in [4.69, 9.17) is 0 Å². The van der Waals surface area contributed by atoms with E-state index in [-0.39, 0.29) is 0 Å². The second-order valence-corrected chi connectivity index (χ2v) is 10.9. The number of rotatable bonds is 3. The van der Waals surface area contributed by atoms with E-state index in [1.165, 1.54) is 71.8 Å². The fourth-order valence-corrected chi connectivity index (χ4v) is 4.65. The minimum absolute atomic E-state index is 1.17. The van der Waals surface area contributed by atoms with Crippen LogP contribution in [0.4, 0.5) is 0 Å². The van der Waals surface area contributed by atoms with Crippen molar-refractivity contribution in [2.75, 3.05) is 0 Å². The normalized spacial score (nSPS) is 9.58. The van der Waals surface area contributed by atoms with Gasteiger partial charge in [0.05, 0.1) is 0 Å². The summed E-state index contributed by atoms with van der Waals surface area (Å²) in [6, 6.07) is 39.0. The van der Waals surface area contributed by atoms with Gasteiger partial charge in [0.1, 0.15) is 0 Å². The van der Waals surface area contributed by atoms with E-state index < -0.39 is 0 Å². The van der Waals surface area contributed by atoms with Gasteiger partial charge in [-0.15, -0.1) is 0 Å². The topological polar surface area (TPSA) is 0 Å². The van der Waals surface area contributed by atoms with Gasteiger partial charge >= 0.3 is 0 Å². The van der Waals surface area contributed by atoms with Crippen LogP contribution in [0.25, 0.3) is 43.1 Å². The Morgan fingerprint density at radius 1 is 0.415 bits per heavy atom. The van der Waals surface area contributed by atoms with Crippen molar-refractivity contribution < 1.29 is 0 Å². The lowest BCUT2D eigenvalue weighted by molar-refractivity contribution is 1.09. The summed E-state index contributed by atoms with van der Waals surface area (Å²) in [7, 11) is 0. The second kappa shape index (κ2) is 34.4. The molecular formula is C53H76. The SMILES string of the molecule is C=C/C(C)=C/C=C(\C)C=C.CC.CC.CC.CC.CC.CCC.Cc1cccc2cc3ccccc3cc12.Cc1cccc2cc3ccccc3cc12. The average molecular weight is 713 g/mol. The predicted octanol–water partition coefficient (Wildman–Crippen LogP) is 18.4. The van der Waals surface area contributed by atoms with Gasteiger partial charge < -0.3 is 0 Å². The molecule has 0 spiro atoms. The Labute approximate surface area is 328 Å². The lowest BCUT2D eigenvalue weighted by Gasteiger charge is -2.04. The van der Waals surface area contributed by atoms with Crippen molar-refractivity contribution in [1.29, 1.82) is 0 Å². The van der Waals surface area contributed by atoms with Crippen molar-refractivity contribution in [2.45, 2.75) is 117 Å². The van der Waals surface area contributed by atoms with Crippen LogP contribution in [0.5, 0.6) is 0 Å². The van der Waals surface area contributed by atoms with Crippen molar-refractivity contribution in [3.63, 3.8) is 0 Å². The van der Waals surface area contributed by atoms with E-state index in [1.807, 2.05) is 107 Å². The Bertz CT molecular complexity index is 1740. The molecule has 0 fully saturated rings. The highest BCUT2D eigenvalue weighted by Gasteiger charge is 2.00. The van der Waals surface area contributed by atoms with Gasteiger partial charge in [-0.05, 0) is 106 Å². The molecule has 0 heterocycles. The van der Waals surface area contributed by atoms with Crippen molar-refractivity contribution in [2.24, 2.45) is 0 Å². The molecule has 288 valence electrons. The van der Waals surface area contributed by atoms with Crippen LogP contribution in [0.15, 0.2) is 158 Å². The first-order chi connectivity index (χ1) is 25.8. The maximum atomic E-state index is 3.64. The van der Waals surface area contributed by atoms with Crippen molar-refractivity contribution >= 4 is 43.1 Å². The van der Waals surface area contributed by atoms with Crippen LogP contribution in [-0.4, -0.2) is 0 Å². The second-order valence-electron chi connectivity index (χ2n) is 10.9. The Morgan fingerprint density at radius 2 is 0.660 bits per heavy atom. The van der Waals surface area contributed by atoms with Gasteiger partial charge in [0.2, 0.25) is 0 Å². The molecule has 0 N–H and O–H groups in total. The molecule has 0 unspecified atom stereocenters. The number of fused-ring (bicyclic) bond motifs is 4. The molecule has 0 aromatic heterocycles. The van der Waals surface area contributed by atoms with Crippen molar-refractivity contribution in [1.82, 2.24) is 0 Å². The largest absolute Gasteiger partial charge is 0.0988 e. The summed E-state index contributed by atoms with van der Waals surface area (Å²) in [6.45, 7) is 39.9. The van der Waals surface area contributed by atoms with Crippen LogP contribution < -0.4 is 0 Å². The van der Waals surface area contributed by atoms with Crippen LogP contribution in [0.3, 0.4) is 0 Å². The molecule has 0 atom stereocenters. The van der Waals surface area contributed by atoms with E-state index in [0.717, 1.165) is 0 Å². The lowest BCUT2D eigenvalue weighted by Crippen LogP contribution is -1.79. The van der Waals surface area contributed by atoms with E-state index in [0.29, 0.717) is 0 Å². The molecule has 0 bridgehead atoms. The first-order valence-electron chi connectivity index (χ1n) is 20.2. The Hall–Kier alpha value is -4.68. The van der Waals surface area contributed by atoms with E-state index in [9.17, 15) is 0 Å². The molecule has 0 aliphatic heterocycles. The summed E-state index contributed by atoms with van der Waals surface area (Å²) in [4.78, 5) is 0. The standard InChI is InChI=1S/2C15H12.C10H14.C3H8.5C2H6/c2*1-11-5-4-8-14-9-12-6-2-3-7-13(12)10-15(11)14;1-5-9(3)7-8-10(4)6-2;1-3-2;5*1-2/h2*2-10H,1H3;5-8H,1-2H2,3-4H3;3H2,1-2H3;5*1-2H3/b;;9-7+,10-8+;;;;;;. The highest BCUT2D eigenvalue weighted by atomic mass is 14.0. The molecule has 0 saturated carbocycles. The summed E-state index contributed by atoms with van der Waals surface area (Å²) in [6.07, 6.45) is 8.94. The van der Waals surface area contributed by atoms with Crippen LogP contribution in [-0.2, 0) is 0 Å². The molecule has 0 aliphatic rings. The van der Waals surface area contributed by atoms with E-state index in [1.54, 1.807) is 0 Å². The molecule has 0 radical (unpaired) electrons. The average Bonchev–Trinajstić information content (AvgIpc) is 3.23. The smallest absolute Gasteiger partial charge is 0.0148 e. The number of allylic oxidation sites excluding steroid dienone is 6. The Morgan fingerprint density at radius 3 is 0.925 bits per heavy atom. The summed E-state index contributed by atoms with van der Waals surface area (Å²) in [5, 5.41) is 10.6. The number of benzene rings is 6. The van der Waals surface area contributed by atoms with E-state index >= 15 is 0 Å². The van der Waals surface area contributed by atoms with Gasteiger partial charge in [0.15, 0.2) is 0 Å². The maximum absolute atomic E-state index is 3.64. The molecule has 6 rings (SSSR count). The zero-order valence-electron chi connectivity index (χ0n) is 36.8. The van der Waals surface area contributed by atoms with Gasteiger partial charge in [-0.3, -0.25) is 0 Å². The lowest BCUT2D eigenvalue weighted by atomic mass is 10.0. The molecule has 0 aliphatic carbocycles. The molecule has 0 saturated heterocycles. The monoisotopic (exact) mass is 713 g/mol. The molecule has 6 aromatic rings. The molecule has 0 nitrogen and oxygen atoms in total. The van der Waals surface area contributed by atoms with Gasteiger partial charge in [-0.25, -0.2) is 0 Å². The quantitative estimate of drug-likeness (QED) is 0.127. The van der Waals surface area contributed by atoms with Crippen LogP contribution in [0.1, 0.15) is 114 Å². The number of hydrogen-bond donors (Lipinski definition) is 0. The minimum Gasteiger partial charge on any atom is -0.0988 e. The molecule has 0 amide bonds. The summed E-state index contributed by atoms with van der Waals surface area (Å²) in [5.41, 5.74) is 5.03. The molecule has 53 heavy (non-hydrogen) atoms. The molecule has 0 heteroatoms. The molecular weight excluding hydrogens is 637 g/mol. The Balaban J connectivity index is -0.000000621. The van der Waals surface area contributed by atoms with Crippen LogP contribution in [0, 0.1) is 13.8 Å². The third-order valence-electron chi connectivity index (χ3n) is 7.18. The van der Waals surface area contributed by atoms with Crippen molar-refractivity contribution in [3.05, 3.63) is 169 Å². The van der Waals surface area contributed by atoms with E-state index in [2.05, 4.69) is 150 Å². The van der Waals surface area contributed by atoms with Crippen molar-refractivity contribution in [3.8, 4) is 0 Å². The van der Waals surface area contributed by atoms with Gasteiger partial charge in [0, 0.05) is 0 Å². The Kier molecular flexibility index (Phi) is 34.2. The third-order valence-corrected chi connectivity index (χ3v) is 7.18. The summed E-state index contributed by atoms with van der Waals surface area (Å²) >= 11 is 0. The van der Waals surface area contributed by atoms with Crippen LogP contribution in [0.2, 0.25) is 0 Å². The van der Waals surface area contributed by atoms with Gasteiger partial charge in [-0.1, -0.05) is 223 Å². The maximum Gasteiger partial charge on any atom is -0.0148 e. The highest BCUT2D eigenvalue weighted by Crippen LogP contribution is 2.26. The summed E-state index contributed by atoms with van der Waals surface area (Å²) in [5.74, 6) is 0. The zero-order chi connectivity index (χ0) is 41.2. The number of aryl methyl sites for hydroxylation is 2. The first kappa shape index (κ1) is 52.7. The fraction of sp³-hybridized carbons (Fsp3) is 0.321. The summed E-state index contributed by atoms with van der Waals surface area (Å²) < 4.78 is 0. The minimum atomic E-state index is 1.17. The fourth-order valence-electron chi connectivity index (χ4n) is 4.65. The van der Waals surface area contributed by atoms with Crippen LogP contribution >= 0.6 is 0 Å².